The third-order valence-corrected chi connectivity index (χ3v) is 2.85. The van der Waals surface area contributed by atoms with Crippen LogP contribution in [-0.2, 0) is 0 Å². The maximum atomic E-state index is 11.2. The highest BCUT2D eigenvalue weighted by atomic mass is 16.3. The van der Waals surface area contributed by atoms with Crippen LogP contribution in [0.4, 0.5) is 0 Å². The van der Waals surface area contributed by atoms with Crippen molar-refractivity contribution < 1.29 is 9.21 Å². The molecule has 0 radical (unpaired) electrons. The molecule has 1 aromatic heterocycles. The lowest BCUT2D eigenvalue weighted by Gasteiger charge is -1.87. The number of fused-ring (bicyclic) bond motifs is 1. The van der Waals surface area contributed by atoms with Gasteiger partial charge in [0.05, 0.1) is 5.56 Å². The van der Waals surface area contributed by atoms with E-state index in [-0.39, 0.29) is 0 Å². The van der Waals surface area contributed by atoms with Crippen molar-refractivity contribution in [2.45, 2.75) is 0 Å². The molecule has 90 valence electrons. The van der Waals surface area contributed by atoms with E-state index in [9.17, 15) is 4.79 Å². The third-order valence-electron chi connectivity index (χ3n) is 2.85. The van der Waals surface area contributed by atoms with E-state index in [1.54, 1.807) is 0 Å². The van der Waals surface area contributed by atoms with Crippen molar-refractivity contribution in [1.29, 1.82) is 0 Å². The average Bonchev–Trinajstić information content (AvgIpc) is 2.83. The minimum atomic E-state index is 0.417. The molecule has 0 spiro atoms. The van der Waals surface area contributed by atoms with Crippen LogP contribution < -0.4 is 0 Å². The molecule has 0 fully saturated rings. The van der Waals surface area contributed by atoms with E-state index in [1.165, 1.54) is 0 Å². The van der Waals surface area contributed by atoms with Gasteiger partial charge in [0.15, 0.2) is 12.0 Å². The average molecular weight is 246 g/mol. The number of carbonyl (C=O) groups excluding carboxylic acids is 1. The Morgan fingerprint density at radius 2 is 1.63 bits per heavy atom. The van der Waals surface area contributed by atoms with Crippen molar-refractivity contribution in [3.63, 3.8) is 0 Å². The summed E-state index contributed by atoms with van der Waals surface area (Å²) >= 11 is 0. The van der Waals surface area contributed by atoms with Crippen LogP contribution in [0.5, 0.6) is 0 Å². The summed E-state index contributed by atoms with van der Waals surface area (Å²) in [6, 6.07) is 17.0. The molecule has 3 aromatic rings. The van der Waals surface area contributed by atoms with Gasteiger partial charge < -0.3 is 4.42 Å². The first-order valence-electron chi connectivity index (χ1n) is 5.92. The summed E-state index contributed by atoms with van der Waals surface area (Å²) < 4.78 is 5.61. The van der Waals surface area contributed by atoms with Gasteiger partial charge in [0.25, 0.3) is 0 Å². The first-order chi connectivity index (χ1) is 9.38. The zero-order chi connectivity index (χ0) is 13.1. The molecule has 2 heteroatoms. The second kappa shape index (κ2) is 4.83. The monoisotopic (exact) mass is 246 g/mol. The molecule has 3 rings (SSSR count). The summed E-state index contributed by atoms with van der Waals surface area (Å²) in [6.07, 6.45) is 0.792. The highest BCUT2D eigenvalue weighted by molar-refractivity contribution is 5.98. The quantitative estimate of drug-likeness (QED) is 0.484. The minimum Gasteiger partial charge on any atom is -0.447 e. The molecule has 0 amide bonds. The van der Waals surface area contributed by atoms with E-state index in [1.807, 2.05) is 54.6 Å². The first-order valence-corrected chi connectivity index (χ1v) is 5.92. The summed E-state index contributed by atoms with van der Waals surface area (Å²) in [4.78, 5) is 11.2. The van der Waals surface area contributed by atoms with Crippen molar-refractivity contribution in [1.82, 2.24) is 0 Å². The fourth-order valence-electron chi connectivity index (χ4n) is 1.93. The normalized spacial score (nSPS) is 9.89. The van der Waals surface area contributed by atoms with Gasteiger partial charge in [-0.2, -0.15) is 0 Å². The van der Waals surface area contributed by atoms with Crippen LogP contribution >= 0.6 is 0 Å². The molecule has 0 atom stereocenters. The molecular weight excluding hydrogens is 236 g/mol. The molecule has 0 saturated heterocycles. The van der Waals surface area contributed by atoms with Gasteiger partial charge in [0, 0.05) is 10.9 Å². The second-order valence-corrected chi connectivity index (χ2v) is 4.07. The number of hydrogen-bond acceptors (Lipinski definition) is 2. The Labute approximate surface area is 110 Å². The number of carbonyl (C=O) groups is 1. The van der Waals surface area contributed by atoms with Crippen LogP contribution in [0.25, 0.3) is 11.0 Å². The lowest BCUT2D eigenvalue weighted by atomic mass is 10.1. The third kappa shape index (κ3) is 2.14. The predicted molar refractivity (Wildman–Crippen MR) is 74.0 cm³/mol. The highest BCUT2D eigenvalue weighted by Gasteiger charge is 2.10. The molecule has 0 aliphatic rings. The SMILES string of the molecule is O=Cc1c(C#Cc2ccccc2)oc2ccccc12. The van der Waals surface area contributed by atoms with E-state index in [2.05, 4.69) is 11.8 Å². The number of furan rings is 1. The molecule has 2 aromatic carbocycles. The molecule has 0 bridgehead atoms. The highest BCUT2D eigenvalue weighted by Crippen LogP contribution is 2.23. The maximum absolute atomic E-state index is 11.2. The largest absolute Gasteiger partial charge is 0.447 e. The topological polar surface area (TPSA) is 30.2 Å². The van der Waals surface area contributed by atoms with Gasteiger partial charge in [0.1, 0.15) is 5.58 Å². The predicted octanol–water partition coefficient (Wildman–Crippen LogP) is 3.65. The molecule has 0 aliphatic carbocycles. The molecular formula is C17H10O2. The summed E-state index contributed by atoms with van der Waals surface area (Å²) in [5, 5.41) is 0.801. The summed E-state index contributed by atoms with van der Waals surface area (Å²) in [5.74, 6) is 6.33. The Morgan fingerprint density at radius 1 is 0.895 bits per heavy atom. The van der Waals surface area contributed by atoms with Crippen LogP contribution in [0.15, 0.2) is 59.0 Å². The Balaban J connectivity index is 2.11. The van der Waals surface area contributed by atoms with Crippen molar-refractivity contribution in [2.24, 2.45) is 0 Å². The molecule has 0 aliphatic heterocycles. The van der Waals surface area contributed by atoms with Gasteiger partial charge in [-0.15, -0.1) is 0 Å². The number of benzene rings is 2. The Hall–Kier alpha value is -2.79. The number of aldehydes is 1. The molecule has 0 unspecified atom stereocenters. The van der Waals surface area contributed by atoms with Crippen LogP contribution in [0.3, 0.4) is 0 Å². The first kappa shape index (κ1) is 11.3. The van der Waals surface area contributed by atoms with Gasteiger partial charge in [-0.1, -0.05) is 42.3 Å². The van der Waals surface area contributed by atoms with Crippen LogP contribution in [0, 0.1) is 11.8 Å². The lowest BCUT2D eigenvalue weighted by Crippen LogP contribution is -1.81. The zero-order valence-electron chi connectivity index (χ0n) is 10.1. The molecule has 1 heterocycles. The number of rotatable bonds is 1. The smallest absolute Gasteiger partial charge is 0.189 e. The van der Waals surface area contributed by atoms with Crippen LogP contribution in [0.1, 0.15) is 21.7 Å². The Morgan fingerprint density at radius 3 is 2.42 bits per heavy atom. The summed E-state index contributed by atoms with van der Waals surface area (Å²) in [5.41, 5.74) is 2.08. The van der Waals surface area contributed by atoms with E-state index in [0.29, 0.717) is 16.9 Å². The zero-order valence-corrected chi connectivity index (χ0v) is 10.1. The lowest BCUT2D eigenvalue weighted by molar-refractivity contribution is 0.112. The summed E-state index contributed by atoms with van der Waals surface area (Å²) in [6.45, 7) is 0. The van der Waals surface area contributed by atoms with Gasteiger partial charge in [-0.3, -0.25) is 4.79 Å². The second-order valence-electron chi connectivity index (χ2n) is 4.07. The van der Waals surface area contributed by atoms with Gasteiger partial charge in [-0.25, -0.2) is 0 Å². The Kier molecular flexibility index (Phi) is 2.88. The number of para-hydroxylation sites is 1. The van der Waals surface area contributed by atoms with Gasteiger partial charge in [0.2, 0.25) is 0 Å². The molecule has 2 nitrogen and oxygen atoms in total. The van der Waals surface area contributed by atoms with E-state index >= 15 is 0 Å². The van der Waals surface area contributed by atoms with Crippen molar-refractivity contribution >= 4 is 17.3 Å². The molecule has 0 N–H and O–H groups in total. The van der Waals surface area contributed by atoms with Crippen molar-refractivity contribution in [3.8, 4) is 11.8 Å². The maximum Gasteiger partial charge on any atom is 0.189 e. The fourth-order valence-corrected chi connectivity index (χ4v) is 1.93. The van der Waals surface area contributed by atoms with Crippen molar-refractivity contribution in [3.05, 3.63) is 71.5 Å². The fraction of sp³-hybridized carbons (Fsp3) is 0. The van der Waals surface area contributed by atoms with Crippen LogP contribution in [-0.4, -0.2) is 6.29 Å². The summed E-state index contributed by atoms with van der Waals surface area (Å²) in [7, 11) is 0. The van der Waals surface area contributed by atoms with E-state index in [0.717, 1.165) is 17.2 Å². The minimum absolute atomic E-state index is 0.417. The molecule has 19 heavy (non-hydrogen) atoms. The van der Waals surface area contributed by atoms with Gasteiger partial charge >= 0.3 is 0 Å². The van der Waals surface area contributed by atoms with Crippen LogP contribution in [0.2, 0.25) is 0 Å². The number of hydrogen-bond donors (Lipinski definition) is 0. The van der Waals surface area contributed by atoms with E-state index in [4.69, 9.17) is 4.42 Å². The molecule has 0 saturated carbocycles. The van der Waals surface area contributed by atoms with E-state index < -0.39 is 0 Å². The van der Waals surface area contributed by atoms with Gasteiger partial charge in [-0.05, 0) is 24.1 Å². The standard InChI is InChI=1S/C17H10O2/c18-12-15-14-8-4-5-9-16(14)19-17(15)11-10-13-6-2-1-3-7-13/h1-9,12H. The Bertz CT molecular complexity index is 786. The van der Waals surface area contributed by atoms with Crippen molar-refractivity contribution in [2.75, 3.05) is 0 Å².